The fraction of sp³-hybridized carbons (Fsp3) is 0.500. The van der Waals surface area contributed by atoms with Gasteiger partial charge in [-0.2, -0.15) is 0 Å². The molecule has 0 aromatic carbocycles. The average molecular weight is 269 g/mol. The van der Waals surface area contributed by atoms with Crippen LogP contribution in [0.5, 0.6) is 0 Å². The van der Waals surface area contributed by atoms with E-state index < -0.39 is 5.79 Å². The second-order valence-electron chi connectivity index (χ2n) is 2.63. The highest BCUT2D eigenvalue weighted by Gasteiger charge is 2.35. The van der Waals surface area contributed by atoms with E-state index in [1.807, 2.05) is 11.9 Å². The Morgan fingerprint density at radius 1 is 1.46 bits per heavy atom. The van der Waals surface area contributed by atoms with Crippen LogP contribution in [0.1, 0.15) is 0 Å². The third-order valence-electron chi connectivity index (χ3n) is 1.89. The van der Waals surface area contributed by atoms with Crippen molar-refractivity contribution in [3.05, 3.63) is 21.9 Å². The lowest BCUT2D eigenvalue weighted by Gasteiger charge is -2.33. The van der Waals surface area contributed by atoms with Gasteiger partial charge in [-0.05, 0) is 15.9 Å². The Bertz CT molecular complexity index is 261. The first-order valence-corrected chi connectivity index (χ1v) is 4.82. The second-order valence-corrected chi connectivity index (χ2v) is 3.85. The molecule has 0 spiro atoms. The molecule has 0 aromatic heterocycles. The molecule has 5 heteroatoms. The fourth-order valence-corrected chi connectivity index (χ4v) is 1.80. The summed E-state index contributed by atoms with van der Waals surface area (Å²) in [6.45, 7) is 0. The van der Waals surface area contributed by atoms with Crippen molar-refractivity contribution in [3.8, 4) is 0 Å². The number of hydrogen-bond donors (Lipinski definition) is 0. The Hall–Kier alpha value is -0.0300. The van der Waals surface area contributed by atoms with Gasteiger partial charge >= 0.3 is 0 Å². The van der Waals surface area contributed by atoms with E-state index in [1.165, 1.54) is 0 Å². The quantitative estimate of drug-likeness (QED) is 0.566. The smallest absolute Gasteiger partial charge is 0.229 e. The minimum atomic E-state index is -0.951. The zero-order valence-corrected chi connectivity index (χ0v) is 10.0. The molecule has 0 amide bonds. The lowest BCUT2D eigenvalue weighted by molar-refractivity contribution is -0.139. The summed E-state index contributed by atoms with van der Waals surface area (Å²) in [4.78, 5) is 1.83. The largest absolute Gasteiger partial charge is 0.345 e. The van der Waals surface area contributed by atoms with Crippen molar-refractivity contribution in [2.75, 3.05) is 21.3 Å². The van der Waals surface area contributed by atoms with E-state index in [4.69, 9.17) is 21.1 Å². The zero-order chi connectivity index (χ0) is 10.1. The standard InChI is InChI=1S/C8H11BrClNO2/c1-11-5-6(10)8(12-2,13-3)4-7(11)9/h4-5H,1-3H3. The predicted molar refractivity (Wildman–Crippen MR) is 55.5 cm³/mol. The number of rotatable bonds is 2. The number of ether oxygens (including phenoxy) is 2. The van der Waals surface area contributed by atoms with Crippen molar-refractivity contribution in [1.82, 2.24) is 4.90 Å². The molecule has 74 valence electrons. The van der Waals surface area contributed by atoms with Crippen molar-refractivity contribution in [2.45, 2.75) is 5.79 Å². The molecular formula is C8H11BrClNO2. The van der Waals surface area contributed by atoms with Crippen LogP contribution in [0.2, 0.25) is 0 Å². The maximum Gasteiger partial charge on any atom is 0.229 e. The van der Waals surface area contributed by atoms with E-state index in [9.17, 15) is 0 Å². The van der Waals surface area contributed by atoms with E-state index in [-0.39, 0.29) is 0 Å². The van der Waals surface area contributed by atoms with E-state index in [0.717, 1.165) is 4.61 Å². The van der Waals surface area contributed by atoms with Gasteiger partial charge < -0.3 is 14.4 Å². The topological polar surface area (TPSA) is 21.7 Å². The normalized spacial score (nSPS) is 21.2. The third-order valence-corrected chi connectivity index (χ3v) is 3.04. The molecule has 1 rings (SSSR count). The van der Waals surface area contributed by atoms with E-state index in [0.29, 0.717) is 5.03 Å². The van der Waals surface area contributed by atoms with Crippen LogP contribution in [0.4, 0.5) is 0 Å². The Morgan fingerprint density at radius 3 is 2.46 bits per heavy atom. The number of hydrogen-bond acceptors (Lipinski definition) is 3. The van der Waals surface area contributed by atoms with Crippen molar-refractivity contribution in [3.63, 3.8) is 0 Å². The van der Waals surface area contributed by atoms with Gasteiger partial charge in [0, 0.05) is 33.5 Å². The van der Waals surface area contributed by atoms with Crippen LogP contribution in [-0.4, -0.2) is 32.0 Å². The fourth-order valence-electron chi connectivity index (χ4n) is 1.05. The van der Waals surface area contributed by atoms with E-state index in [1.54, 1.807) is 26.5 Å². The molecule has 13 heavy (non-hydrogen) atoms. The van der Waals surface area contributed by atoms with Crippen LogP contribution < -0.4 is 0 Å². The van der Waals surface area contributed by atoms with Gasteiger partial charge in [0.05, 0.1) is 9.64 Å². The molecule has 0 N–H and O–H groups in total. The van der Waals surface area contributed by atoms with Crippen LogP contribution in [0.15, 0.2) is 21.9 Å². The van der Waals surface area contributed by atoms with Gasteiger partial charge in [-0.3, -0.25) is 0 Å². The number of methoxy groups -OCH3 is 2. The molecule has 0 atom stereocenters. The van der Waals surface area contributed by atoms with Crippen molar-refractivity contribution in [1.29, 1.82) is 0 Å². The van der Waals surface area contributed by atoms with Crippen LogP contribution in [-0.2, 0) is 9.47 Å². The van der Waals surface area contributed by atoms with Gasteiger partial charge in [0.25, 0.3) is 0 Å². The molecular weight excluding hydrogens is 257 g/mol. The Balaban J connectivity index is 3.05. The van der Waals surface area contributed by atoms with Gasteiger partial charge in [-0.15, -0.1) is 0 Å². The molecule has 0 aliphatic carbocycles. The summed E-state index contributed by atoms with van der Waals surface area (Å²) in [6, 6.07) is 0. The van der Waals surface area contributed by atoms with Crippen molar-refractivity contribution in [2.24, 2.45) is 0 Å². The molecule has 0 saturated heterocycles. The summed E-state index contributed by atoms with van der Waals surface area (Å²) >= 11 is 9.37. The molecule has 0 bridgehead atoms. The van der Waals surface area contributed by atoms with Gasteiger partial charge in [-0.25, -0.2) is 0 Å². The maximum absolute atomic E-state index is 6.00. The number of nitrogens with zero attached hydrogens (tertiary/aromatic N) is 1. The molecule has 0 aromatic rings. The van der Waals surface area contributed by atoms with Gasteiger partial charge in [0.2, 0.25) is 5.79 Å². The summed E-state index contributed by atoms with van der Waals surface area (Å²) in [7, 11) is 4.96. The first-order chi connectivity index (χ1) is 6.05. The van der Waals surface area contributed by atoms with Crippen LogP contribution in [0, 0.1) is 0 Å². The van der Waals surface area contributed by atoms with Crippen molar-refractivity contribution >= 4 is 27.5 Å². The van der Waals surface area contributed by atoms with Gasteiger partial charge in [0.15, 0.2) is 0 Å². The Morgan fingerprint density at radius 2 is 2.00 bits per heavy atom. The highest BCUT2D eigenvalue weighted by Crippen LogP contribution is 2.34. The predicted octanol–water partition coefficient (Wildman–Crippen LogP) is 2.24. The lowest BCUT2D eigenvalue weighted by Crippen LogP contribution is -2.36. The number of halogens is 2. The molecule has 1 aliphatic heterocycles. The van der Waals surface area contributed by atoms with Gasteiger partial charge in [-0.1, -0.05) is 11.6 Å². The lowest BCUT2D eigenvalue weighted by atomic mass is 10.2. The van der Waals surface area contributed by atoms with E-state index in [2.05, 4.69) is 15.9 Å². The highest BCUT2D eigenvalue weighted by molar-refractivity contribution is 9.11. The summed E-state index contributed by atoms with van der Waals surface area (Å²) in [6.07, 6.45) is 3.49. The van der Waals surface area contributed by atoms with Crippen LogP contribution >= 0.6 is 27.5 Å². The zero-order valence-electron chi connectivity index (χ0n) is 7.67. The SMILES string of the molecule is COC1(OC)C=C(Br)N(C)C=C1Cl. The molecule has 0 fully saturated rings. The van der Waals surface area contributed by atoms with Crippen LogP contribution in [0.3, 0.4) is 0 Å². The average Bonchev–Trinajstić information content (AvgIpc) is 2.12. The molecule has 0 radical (unpaired) electrons. The molecule has 1 aliphatic rings. The summed E-state index contributed by atoms with van der Waals surface area (Å²) in [5.41, 5.74) is 0. The minimum absolute atomic E-state index is 0.489. The maximum atomic E-state index is 6.00. The molecule has 1 heterocycles. The Labute approximate surface area is 91.1 Å². The summed E-state index contributed by atoms with van der Waals surface area (Å²) < 4.78 is 11.3. The molecule has 0 saturated carbocycles. The van der Waals surface area contributed by atoms with Gasteiger partial charge in [0.1, 0.15) is 0 Å². The highest BCUT2D eigenvalue weighted by atomic mass is 79.9. The van der Waals surface area contributed by atoms with E-state index >= 15 is 0 Å². The molecule has 3 nitrogen and oxygen atoms in total. The summed E-state index contributed by atoms with van der Waals surface area (Å²) in [5, 5.41) is 0.489. The monoisotopic (exact) mass is 267 g/mol. The first kappa shape index (κ1) is 11.0. The molecule has 0 unspecified atom stereocenters. The Kier molecular flexibility index (Phi) is 3.40. The second kappa shape index (κ2) is 4.00. The third kappa shape index (κ3) is 1.91. The minimum Gasteiger partial charge on any atom is -0.345 e. The first-order valence-electron chi connectivity index (χ1n) is 3.65. The van der Waals surface area contributed by atoms with Crippen molar-refractivity contribution < 1.29 is 9.47 Å². The summed E-state index contributed by atoms with van der Waals surface area (Å²) in [5.74, 6) is -0.951. The van der Waals surface area contributed by atoms with Crippen LogP contribution in [0.25, 0.3) is 0 Å².